The van der Waals surface area contributed by atoms with E-state index in [-0.39, 0.29) is 5.41 Å². The highest BCUT2D eigenvalue weighted by Crippen LogP contribution is 2.72. The van der Waals surface area contributed by atoms with E-state index in [2.05, 4.69) is 64.8 Å². The Bertz CT molecular complexity index is 733. The molecule has 0 heteroatoms. The summed E-state index contributed by atoms with van der Waals surface area (Å²) in [5.41, 5.74) is 5.30. The van der Waals surface area contributed by atoms with Gasteiger partial charge in [-0.15, -0.1) is 6.58 Å². The lowest BCUT2D eigenvalue weighted by molar-refractivity contribution is -0.0576. The van der Waals surface area contributed by atoms with Gasteiger partial charge in [0.1, 0.15) is 0 Å². The molecule has 0 spiro atoms. The van der Waals surface area contributed by atoms with Crippen LogP contribution >= 0.6 is 0 Å². The molecule has 146 valence electrons. The molecule has 3 saturated carbocycles. The molecule has 0 heterocycles. The van der Waals surface area contributed by atoms with Gasteiger partial charge >= 0.3 is 0 Å². The molecule has 27 heavy (non-hydrogen) atoms. The molecule has 4 aliphatic carbocycles. The molecule has 0 amide bonds. The van der Waals surface area contributed by atoms with E-state index < -0.39 is 0 Å². The largest absolute Gasteiger partial charge is 0.103 e. The maximum atomic E-state index is 4.60. The molecular weight excluding hydrogens is 324 g/mol. The Morgan fingerprint density at radius 2 is 1.93 bits per heavy atom. The van der Waals surface area contributed by atoms with Crippen LogP contribution in [0.5, 0.6) is 0 Å². The molecule has 0 radical (unpaired) electrons. The first kappa shape index (κ1) is 19.0. The Balaban J connectivity index is 1.69. The van der Waals surface area contributed by atoms with Crippen molar-refractivity contribution in [3.05, 3.63) is 60.8 Å². The van der Waals surface area contributed by atoms with Crippen LogP contribution in [0.15, 0.2) is 60.8 Å². The molecule has 0 aromatic rings. The van der Waals surface area contributed by atoms with Crippen LogP contribution in [0.3, 0.4) is 0 Å². The molecule has 0 aromatic heterocycles. The average molecular weight is 363 g/mol. The van der Waals surface area contributed by atoms with Crippen molar-refractivity contribution in [3.8, 4) is 0 Å². The first-order valence-corrected chi connectivity index (χ1v) is 11.2. The Hall–Kier alpha value is -1.30. The molecule has 6 unspecified atom stereocenters. The summed E-state index contributed by atoms with van der Waals surface area (Å²) in [5.74, 6) is 2.53. The van der Waals surface area contributed by atoms with Crippen molar-refractivity contribution in [2.75, 3.05) is 0 Å². The minimum atomic E-state index is 0.265. The van der Waals surface area contributed by atoms with Crippen LogP contribution in [-0.4, -0.2) is 0 Å². The second-order valence-electron chi connectivity index (χ2n) is 10.3. The maximum absolute atomic E-state index is 4.60. The lowest BCUT2D eigenvalue weighted by Crippen LogP contribution is -2.52. The van der Waals surface area contributed by atoms with Gasteiger partial charge in [0.05, 0.1) is 0 Å². The van der Waals surface area contributed by atoms with Crippen molar-refractivity contribution >= 4 is 0 Å². The van der Waals surface area contributed by atoms with Gasteiger partial charge in [0.15, 0.2) is 0 Å². The van der Waals surface area contributed by atoms with E-state index in [1.165, 1.54) is 56.1 Å². The maximum Gasteiger partial charge on any atom is 0.0100 e. The number of fused-ring (bicyclic) bond motifs is 5. The lowest BCUT2D eigenvalue weighted by atomic mass is 9.45. The van der Waals surface area contributed by atoms with Gasteiger partial charge in [-0.25, -0.2) is 0 Å². The molecule has 4 aliphatic rings. The zero-order chi connectivity index (χ0) is 19.4. The summed E-state index contributed by atoms with van der Waals surface area (Å²) in [6, 6.07) is 0. The summed E-state index contributed by atoms with van der Waals surface area (Å²) in [7, 11) is 0. The zero-order valence-electron chi connectivity index (χ0n) is 17.8. The fourth-order valence-corrected chi connectivity index (χ4v) is 8.19. The highest BCUT2D eigenvalue weighted by atomic mass is 14.7. The molecule has 0 aliphatic heterocycles. The van der Waals surface area contributed by atoms with Crippen molar-refractivity contribution in [1.82, 2.24) is 0 Å². The molecule has 0 bridgehead atoms. The molecule has 0 nitrogen and oxygen atoms in total. The smallest absolute Gasteiger partial charge is 0.0100 e. The second-order valence-corrected chi connectivity index (χ2v) is 10.3. The van der Waals surface area contributed by atoms with Gasteiger partial charge in [0.25, 0.3) is 0 Å². The van der Waals surface area contributed by atoms with Gasteiger partial charge in [-0.2, -0.15) is 0 Å². The predicted octanol–water partition coefficient (Wildman–Crippen LogP) is 7.81. The lowest BCUT2D eigenvalue weighted by Gasteiger charge is -2.59. The molecule has 0 N–H and O–H groups in total. The van der Waals surface area contributed by atoms with Crippen LogP contribution < -0.4 is 0 Å². The van der Waals surface area contributed by atoms with Crippen LogP contribution in [0.4, 0.5) is 0 Å². The fraction of sp³-hybridized carbons (Fsp3) is 0.630. The number of hydrogen-bond acceptors (Lipinski definition) is 0. The van der Waals surface area contributed by atoms with Crippen molar-refractivity contribution in [2.45, 2.75) is 72.1 Å². The van der Waals surface area contributed by atoms with Crippen molar-refractivity contribution in [1.29, 1.82) is 0 Å². The van der Waals surface area contributed by atoms with Gasteiger partial charge in [-0.1, -0.05) is 69.4 Å². The van der Waals surface area contributed by atoms with E-state index in [4.69, 9.17) is 0 Å². The van der Waals surface area contributed by atoms with Gasteiger partial charge < -0.3 is 0 Å². The minimum absolute atomic E-state index is 0.265. The molecule has 0 aromatic carbocycles. The Labute approximate surface area is 167 Å². The molecule has 4 rings (SSSR count). The molecular formula is C27H38. The van der Waals surface area contributed by atoms with Crippen LogP contribution in [0, 0.1) is 34.0 Å². The number of allylic oxidation sites excluding steroid dienone is 7. The van der Waals surface area contributed by atoms with E-state index in [9.17, 15) is 0 Å². The van der Waals surface area contributed by atoms with E-state index in [1.54, 1.807) is 5.57 Å². The zero-order valence-corrected chi connectivity index (χ0v) is 17.8. The van der Waals surface area contributed by atoms with E-state index in [1.807, 2.05) is 0 Å². The summed E-state index contributed by atoms with van der Waals surface area (Å²) in [6.45, 7) is 20.3. The van der Waals surface area contributed by atoms with Crippen LogP contribution in [0.1, 0.15) is 72.1 Å². The van der Waals surface area contributed by atoms with E-state index >= 15 is 0 Å². The fourth-order valence-electron chi connectivity index (χ4n) is 8.19. The summed E-state index contributed by atoms with van der Waals surface area (Å²) < 4.78 is 0. The van der Waals surface area contributed by atoms with Gasteiger partial charge in [0.2, 0.25) is 0 Å². The van der Waals surface area contributed by atoms with E-state index in [0.717, 1.165) is 24.2 Å². The molecule has 6 atom stereocenters. The molecule has 0 saturated heterocycles. The highest BCUT2D eigenvalue weighted by molar-refractivity contribution is 5.43. The first-order chi connectivity index (χ1) is 12.8. The van der Waals surface area contributed by atoms with Crippen LogP contribution in [0.25, 0.3) is 0 Å². The monoisotopic (exact) mass is 362 g/mol. The number of rotatable bonds is 4. The third-order valence-corrected chi connectivity index (χ3v) is 9.69. The van der Waals surface area contributed by atoms with Crippen molar-refractivity contribution in [3.63, 3.8) is 0 Å². The van der Waals surface area contributed by atoms with E-state index in [0.29, 0.717) is 10.8 Å². The Morgan fingerprint density at radius 3 is 2.63 bits per heavy atom. The standard InChI is InChI=1S/C27H38/c1-7-9-20(4)27(8-2)17-14-24-22-11-10-21-18-19(3)12-15-25(21,5)23(22)13-16-26(24,27)6/h7,12,15,18,22-24H,1,3-4,8-11,13-14,16-17H2,2,5-6H3. The van der Waals surface area contributed by atoms with Crippen LogP contribution in [-0.2, 0) is 0 Å². The minimum Gasteiger partial charge on any atom is -0.103 e. The van der Waals surface area contributed by atoms with Gasteiger partial charge in [0, 0.05) is 5.41 Å². The average Bonchev–Trinajstić information content (AvgIpc) is 2.96. The van der Waals surface area contributed by atoms with Gasteiger partial charge in [-0.3, -0.25) is 0 Å². The summed E-state index contributed by atoms with van der Waals surface area (Å²) in [5, 5.41) is 0. The SMILES string of the molecule is C=CCC(=C)C1(CC)CCC2C3CCC4=CC(=C)C=CC4(C)C3CCC21C. The summed E-state index contributed by atoms with van der Waals surface area (Å²) >= 11 is 0. The highest BCUT2D eigenvalue weighted by Gasteiger charge is 2.63. The van der Waals surface area contributed by atoms with Crippen LogP contribution in [0.2, 0.25) is 0 Å². The normalized spacial score (nSPS) is 45.5. The third-order valence-electron chi connectivity index (χ3n) is 9.69. The number of hydrogen-bond donors (Lipinski definition) is 0. The summed E-state index contributed by atoms with van der Waals surface area (Å²) in [6.07, 6.45) is 19.6. The third kappa shape index (κ3) is 2.41. The Kier molecular flexibility index (Phi) is 4.48. The van der Waals surface area contributed by atoms with Crippen molar-refractivity contribution in [2.24, 2.45) is 34.0 Å². The topological polar surface area (TPSA) is 0 Å². The second kappa shape index (κ2) is 6.36. The molecule has 3 fully saturated rings. The Morgan fingerprint density at radius 1 is 1.19 bits per heavy atom. The quantitative estimate of drug-likeness (QED) is 0.447. The van der Waals surface area contributed by atoms with Crippen molar-refractivity contribution < 1.29 is 0 Å². The van der Waals surface area contributed by atoms with Gasteiger partial charge in [-0.05, 0) is 85.5 Å². The predicted molar refractivity (Wildman–Crippen MR) is 117 cm³/mol. The first-order valence-electron chi connectivity index (χ1n) is 11.2. The summed E-state index contributed by atoms with van der Waals surface area (Å²) in [4.78, 5) is 0.